The van der Waals surface area contributed by atoms with Crippen molar-refractivity contribution in [3.8, 4) is 0 Å². The number of likely N-dealkylation sites (tertiary alicyclic amines) is 1. The van der Waals surface area contributed by atoms with Gasteiger partial charge in [-0.15, -0.1) is 0 Å². The van der Waals surface area contributed by atoms with Gasteiger partial charge in [0.25, 0.3) is 5.91 Å². The van der Waals surface area contributed by atoms with E-state index in [9.17, 15) is 4.79 Å². The first-order valence-corrected chi connectivity index (χ1v) is 10.5. The Morgan fingerprint density at radius 3 is 2.97 bits per heavy atom. The minimum atomic E-state index is 0.000945. The summed E-state index contributed by atoms with van der Waals surface area (Å²) in [7, 11) is 0. The van der Waals surface area contributed by atoms with Gasteiger partial charge in [0, 0.05) is 42.6 Å². The number of nitrogens with zero attached hydrogens (tertiary/aromatic N) is 3. The predicted molar refractivity (Wildman–Crippen MR) is 114 cm³/mol. The van der Waals surface area contributed by atoms with Crippen molar-refractivity contribution in [1.29, 1.82) is 0 Å². The Labute approximate surface area is 171 Å². The van der Waals surface area contributed by atoms with Crippen LogP contribution in [0, 0.1) is 12.8 Å². The molecule has 29 heavy (non-hydrogen) atoms. The Morgan fingerprint density at radius 2 is 2.07 bits per heavy atom. The number of amides is 1. The first-order chi connectivity index (χ1) is 14.2. The second kappa shape index (κ2) is 7.56. The number of pyridine rings is 2. The summed E-state index contributed by atoms with van der Waals surface area (Å²) in [6, 6.07) is 13.2. The van der Waals surface area contributed by atoms with Crippen LogP contribution < -0.4 is 5.32 Å². The number of aryl methyl sites for hydroxylation is 1. The molecule has 0 spiro atoms. The number of carbonyl (C=O) groups is 1. The molecule has 0 unspecified atom stereocenters. The molecular weight excluding hydrogens is 360 g/mol. The van der Waals surface area contributed by atoms with E-state index in [0.29, 0.717) is 17.5 Å². The Bertz CT molecular complexity index is 1040. The number of fused-ring (bicyclic) bond motifs is 2. The molecule has 1 saturated carbocycles. The molecule has 0 radical (unpaired) electrons. The molecule has 1 N–H and O–H groups in total. The molecule has 3 atom stereocenters. The molecule has 1 amide bonds. The molecule has 2 aromatic heterocycles. The molecule has 1 aromatic carbocycles. The Hall–Kier alpha value is -2.79. The Balaban J connectivity index is 1.28. The van der Waals surface area contributed by atoms with Crippen LogP contribution in [0.3, 0.4) is 0 Å². The maximum atomic E-state index is 12.7. The van der Waals surface area contributed by atoms with Gasteiger partial charge in [0.2, 0.25) is 0 Å². The summed E-state index contributed by atoms with van der Waals surface area (Å²) in [5, 5.41) is 5.78. The summed E-state index contributed by atoms with van der Waals surface area (Å²) < 4.78 is 0. The molecule has 2 fully saturated rings. The molecule has 3 aromatic rings. The lowest BCUT2D eigenvalue weighted by Crippen LogP contribution is -2.39. The number of aromatic nitrogens is 2. The fourth-order valence-electron chi connectivity index (χ4n) is 5.18. The number of rotatable bonds is 4. The van der Waals surface area contributed by atoms with Crippen LogP contribution in [0.2, 0.25) is 0 Å². The van der Waals surface area contributed by atoms with E-state index in [1.54, 1.807) is 12.4 Å². The first kappa shape index (κ1) is 18.3. The van der Waals surface area contributed by atoms with Gasteiger partial charge in [-0.3, -0.25) is 19.7 Å². The standard InChI is InChI=1S/C24H26N4O/c1-16-12-18(14-25-13-16)24(29)27-21-6-7-23-20(21)9-11-28(23)15-22-19-5-3-2-4-17(19)8-10-26-22/h2-5,8,10,12-14,20-21,23H,6-7,9,11,15H2,1H3,(H,27,29)/t20-,21-,23+/m0/s1. The molecule has 3 heterocycles. The minimum Gasteiger partial charge on any atom is -0.349 e. The topological polar surface area (TPSA) is 58.1 Å². The molecule has 5 rings (SSSR count). The molecular formula is C24H26N4O. The second-order valence-electron chi connectivity index (χ2n) is 8.38. The van der Waals surface area contributed by atoms with Crippen molar-refractivity contribution in [3.63, 3.8) is 0 Å². The first-order valence-electron chi connectivity index (χ1n) is 10.5. The van der Waals surface area contributed by atoms with Crippen molar-refractivity contribution >= 4 is 16.7 Å². The lowest BCUT2D eigenvalue weighted by Gasteiger charge is -2.24. The zero-order chi connectivity index (χ0) is 19.8. The Morgan fingerprint density at radius 1 is 1.17 bits per heavy atom. The highest BCUT2D eigenvalue weighted by Crippen LogP contribution is 2.39. The molecule has 148 valence electrons. The van der Waals surface area contributed by atoms with Gasteiger partial charge in [0.1, 0.15) is 0 Å². The van der Waals surface area contributed by atoms with Crippen LogP contribution in [-0.4, -0.2) is 39.4 Å². The van der Waals surface area contributed by atoms with Crippen molar-refractivity contribution in [2.45, 2.75) is 44.8 Å². The van der Waals surface area contributed by atoms with E-state index in [1.165, 1.54) is 10.8 Å². The fourth-order valence-corrected chi connectivity index (χ4v) is 5.18. The summed E-state index contributed by atoms with van der Waals surface area (Å²) in [5.41, 5.74) is 2.82. The van der Waals surface area contributed by atoms with Crippen molar-refractivity contribution in [2.75, 3.05) is 6.54 Å². The minimum absolute atomic E-state index is 0.000945. The van der Waals surface area contributed by atoms with Gasteiger partial charge in [-0.1, -0.05) is 24.3 Å². The zero-order valence-corrected chi connectivity index (χ0v) is 16.7. The summed E-state index contributed by atoms with van der Waals surface area (Å²) in [6.45, 7) is 3.91. The SMILES string of the molecule is Cc1cncc(C(=O)N[C@H]2CC[C@@H]3[C@H]2CCN3Cc2nccc3ccccc23)c1. The fraction of sp³-hybridized carbons (Fsp3) is 0.375. The van der Waals surface area contributed by atoms with Crippen molar-refractivity contribution in [3.05, 3.63) is 71.8 Å². The van der Waals surface area contributed by atoms with E-state index in [-0.39, 0.29) is 11.9 Å². The average Bonchev–Trinajstić information content (AvgIpc) is 3.32. The monoisotopic (exact) mass is 386 g/mol. The molecule has 5 nitrogen and oxygen atoms in total. The van der Waals surface area contributed by atoms with E-state index in [1.807, 2.05) is 19.2 Å². The zero-order valence-electron chi connectivity index (χ0n) is 16.7. The highest BCUT2D eigenvalue weighted by Gasteiger charge is 2.44. The van der Waals surface area contributed by atoms with Gasteiger partial charge >= 0.3 is 0 Å². The number of hydrogen-bond acceptors (Lipinski definition) is 4. The molecule has 5 heteroatoms. The average molecular weight is 386 g/mol. The summed E-state index contributed by atoms with van der Waals surface area (Å²) in [5.74, 6) is 0.521. The highest BCUT2D eigenvalue weighted by molar-refractivity contribution is 5.94. The van der Waals surface area contributed by atoms with Crippen LogP contribution in [0.1, 0.15) is 40.9 Å². The van der Waals surface area contributed by atoms with Gasteiger partial charge in [-0.2, -0.15) is 0 Å². The van der Waals surface area contributed by atoms with Crippen LogP contribution in [0.15, 0.2) is 55.0 Å². The van der Waals surface area contributed by atoms with E-state index in [4.69, 9.17) is 0 Å². The lowest BCUT2D eigenvalue weighted by atomic mass is 9.99. The number of benzene rings is 1. The van der Waals surface area contributed by atoms with Crippen molar-refractivity contribution < 1.29 is 4.79 Å². The molecule has 1 aliphatic heterocycles. The summed E-state index contributed by atoms with van der Waals surface area (Å²) in [4.78, 5) is 24.1. The Kier molecular flexibility index (Phi) is 4.76. The van der Waals surface area contributed by atoms with Crippen molar-refractivity contribution in [2.24, 2.45) is 5.92 Å². The molecule has 1 aliphatic carbocycles. The lowest BCUT2D eigenvalue weighted by molar-refractivity contribution is 0.0926. The van der Waals surface area contributed by atoms with E-state index in [2.05, 4.69) is 50.5 Å². The van der Waals surface area contributed by atoms with Crippen LogP contribution in [-0.2, 0) is 6.54 Å². The number of hydrogen-bond donors (Lipinski definition) is 1. The van der Waals surface area contributed by atoms with Crippen LogP contribution >= 0.6 is 0 Å². The van der Waals surface area contributed by atoms with Gasteiger partial charge in [-0.05, 0) is 61.7 Å². The maximum Gasteiger partial charge on any atom is 0.253 e. The van der Waals surface area contributed by atoms with E-state index in [0.717, 1.165) is 43.6 Å². The number of carbonyl (C=O) groups excluding carboxylic acids is 1. The van der Waals surface area contributed by atoms with Gasteiger partial charge in [-0.25, -0.2) is 0 Å². The smallest absolute Gasteiger partial charge is 0.253 e. The van der Waals surface area contributed by atoms with Gasteiger partial charge in [0.15, 0.2) is 0 Å². The van der Waals surface area contributed by atoms with E-state index < -0.39 is 0 Å². The summed E-state index contributed by atoms with van der Waals surface area (Å²) >= 11 is 0. The normalized spacial score (nSPS) is 24.0. The van der Waals surface area contributed by atoms with Gasteiger partial charge in [0.05, 0.1) is 11.3 Å². The molecule has 0 bridgehead atoms. The van der Waals surface area contributed by atoms with Crippen molar-refractivity contribution in [1.82, 2.24) is 20.2 Å². The third-order valence-electron chi connectivity index (χ3n) is 6.57. The third kappa shape index (κ3) is 3.51. The molecule has 1 saturated heterocycles. The number of nitrogens with one attached hydrogen (secondary N) is 1. The summed E-state index contributed by atoms with van der Waals surface area (Å²) in [6.07, 6.45) is 8.65. The van der Waals surface area contributed by atoms with Crippen LogP contribution in [0.4, 0.5) is 0 Å². The quantitative estimate of drug-likeness (QED) is 0.742. The van der Waals surface area contributed by atoms with E-state index >= 15 is 0 Å². The predicted octanol–water partition coefficient (Wildman–Crippen LogP) is 3.72. The molecule has 2 aliphatic rings. The van der Waals surface area contributed by atoms with Gasteiger partial charge < -0.3 is 5.32 Å². The van der Waals surface area contributed by atoms with Crippen LogP contribution in [0.25, 0.3) is 10.8 Å². The maximum absolute atomic E-state index is 12.7. The van der Waals surface area contributed by atoms with Crippen LogP contribution in [0.5, 0.6) is 0 Å². The second-order valence-corrected chi connectivity index (χ2v) is 8.38. The largest absolute Gasteiger partial charge is 0.349 e. The highest BCUT2D eigenvalue weighted by atomic mass is 16.1. The third-order valence-corrected chi connectivity index (χ3v) is 6.57.